The minimum absolute atomic E-state index is 0.104. The quantitative estimate of drug-likeness (QED) is 0.543. The molecular formula is C7H16F3N3O2S. The van der Waals surface area contributed by atoms with E-state index >= 15 is 0 Å². The van der Waals surface area contributed by atoms with E-state index in [1.54, 1.807) is 0 Å². The molecule has 0 fully saturated rings. The molecule has 0 heterocycles. The molecule has 5 nitrogen and oxygen atoms in total. The molecule has 0 rings (SSSR count). The van der Waals surface area contributed by atoms with Crippen LogP contribution in [0.5, 0.6) is 0 Å². The van der Waals surface area contributed by atoms with E-state index in [-0.39, 0.29) is 6.54 Å². The third-order valence-electron chi connectivity index (χ3n) is 1.64. The lowest BCUT2D eigenvalue weighted by molar-refractivity contribution is -0.121. The van der Waals surface area contributed by atoms with Gasteiger partial charge in [-0.3, -0.25) is 0 Å². The molecule has 4 N–H and O–H groups in total. The number of nitrogens with one attached hydrogen (secondary N) is 2. The number of hydrogen-bond donors (Lipinski definition) is 3. The lowest BCUT2D eigenvalue weighted by Gasteiger charge is -2.09. The van der Waals surface area contributed by atoms with E-state index in [1.807, 2.05) is 4.72 Å². The lowest BCUT2D eigenvalue weighted by atomic mass is 10.2. The summed E-state index contributed by atoms with van der Waals surface area (Å²) in [6.45, 7) is -0.947. The van der Waals surface area contributed by atoms with Crippen LogP contribution in [0.25, 0.3) is 0 Å². The standard InChI is InChI=1S/C7H16F3N3O2S/c8-7(9,10)6-13-16(14,15)12-5-3-1-2-4-11/h12-13H,1-6,11H2. The van der Waals surface area contributed by atoms with Gasteiger partial charge >= 0.3 is 6.18 Å². The Kier molecular flexibility index (Phi) is 6.88. The summed E-state index contributed by atoms with van der Waals surface area (Å²) >= 11 is 0. The van der Waals surface area contributed by atoms with Crippen LogP contribution in [0.4, 0.5) is 13.2 Å². The predicted octanol–water partition coefficient (Wildman–Crippen LogP) is 0.102. The SMILES string of the molecule is NCCCCCNS(=O)(=O)NCC(F)(F)F. The van der Waals surface area contributed by atoms with Crippen LogP contribution >= 0.6 is 0 Å². The van der Waals surface area contributed by atoms with Crippen molar-refractivity contribution in [2.45, 2.75) is 25.4 Å². The van der Waals surface area contributed by atoms with Gasteiger partial charge in [0.15, 0.2) is 0 Å². The fraction of sp³-hybridized carbons (Fsp3) is 1.00. The molecule has 0 bridgehead atoms. The Labute approximate surface area is 92.8 Å². The molecule has 0 aromatic carbocycles. The van der Waals surface area contributed by atoms with Crippen molar-refractivity contribution >= 4 is 10.2 Å². The average molecular weight is 263 g/mol. The molecule has 9 heteroatoms. The van der Waals surface area contributed by atoms with Crippen molar-refractivity contribution in [1.82, 2.24) is 9.44 Å². The Balaban J connectivity index is 3.71. The fourth-order valence-corrected chi connectivity index (χ4v) is 1.75. The second-order valence-electron chi connectivity index (χ2n) is 3.18. The van der Waals surface area contributed by atoms with E-state index in [2.05, 4.69) is 0 Å². The van der Waals surface area contributed by atoms with Gasteiger partial charge in [-0.1, -0.05) is 6.42 Å². The average Bonchev–Trinajstić information content (AvgIpc) is 2.14. The number of nitrogens with two attached hydrogens (primary N) is 1. The van der Waals surface area contributed by atoms with E-state index in [4.69, 9.17) is 5.73 Å². The van der Waals surface area contributed by atoms with Crippen molar-refractivity contribution in [3.05, 3.63) is 0 Å². The van der Waals surface area contributed by atoms with E-state index in [0.29, 0.717) is 13.0 Å². The number of unbranched alkanes of at least 4 members (excludes halogenated alkanes) is 2. The third kappa shape index (κ3) is 10.1. The molecule has 0 atom stereocenters. The first kappa shape index (κ1) is 15.6. The molecule has 0 aliphatic rings. The van der Waals surface area contributed by atoms with Gasteiger partial charge in [-0.05, 0) is 19.4 Å². The molecule has 98 valence electrons. The van der Waals surface area contributed by atoms with E-state index < -0.39 is 22.9 Å². The maximum Gasteiger partial charge on any atom is 0.402 e. The summed E-state index contributed by atoms with van der Waals surface area (Å²) in [6.07, 6.45) is -2.51. The number of alkyl halides is 3. The zero-order valence-electron chi connectivity index (χ0n) is 8.68. The highest BCUT2D eigenvalue weighted by molar-refractivity contribution is 7.87. The van der Waals surface area contributed by atoms with Crippen LogP contribution in [0, 0.1) is 0 Å². The first-order chi connectivity index (χ1) is 7.27. The lowest BCUT2D eigenvalue weighted by Crippen LogP contribution is -2.41. The van der Waals surface area contributed by atoms with Gasteiger partial charge in [0.2, 0.25) is 0 Å². The maximum atomic E-state index is 11.7. The minimum atomic E-state index is -4.55. The summed E-state index contributed by atoms with van der Waals surface area (Å²) in [7, 11) is -4.05. The largest absolute Gasteiger partial charge is 0.402 e. The first-order valence-corrected chi connectivity index (χ1v) is 6.26. The molecule has 0 aromatic heterocycles. The zero-order chi connectivity index (χ0) is 12.7. The summed E-state index contributed by atoms with van der Waals surface area (Å²) < 4.78 is 60.5. The van der Waals surface area contributed by atoms with Gasteiger partial charge in [0.05, 0.1) is 0 Å². The number of halogens is 3. The van der Waals surface area contributed by atoms with Crippen molar-refractivity contribution in [3.8, 4) is 0 Å². The van der Waals surface area contributed by atoms with E-state index in [0.717, 1.165) is 12.8 Å². The smallest absolute Gasteiger partial charge is 0.330 e. The highest BCUT2D eigenvalue weighted by Gasteiger charge is 2.29. The van der Waals surface area contributed by atoms with Gasteiger partial charge in [-0.25, -0.2) is 4.72 Å². The molecule has 0 aliphatic carbocycles. The van der Waals surface area contributed by atoms with Crippen LogP contribution in [-0.4, -0.2) is 34.2 Å². The summed E-state index contributed by atoms with van der Waals surface area (Å²) in [5.41, 5.74) is 5.22. The molecule has 0 radical (unpaired) electrons. The van der Waals surface area contributed by atoms with Crippen molar-refractivity contribution in [2.75, 3.05) is 19.6 Å². The van der Waals surface area contributed by atoms with E-state index in [1.165, 1.54) is 4.72 Å². The fourth-order valence-electron chi connectivity index (χ4n) is 0.881. The molecule has 0 aliphatic heterocycles. The second kappa shape index (κ2) is 7.05. The van der Waals surface area contributed by atoms with Gasteiger partial charge < -0.3 is 5.73 Å². The molecule has 0 spiro atoms. The second-order valence-corrected chi connectivity index (χ2v) is 4.77. The Morgan fingerprint density at radius 3 is 2.19 bits per heavy atom. The summed E-state index contributed by atoms with van der Waals surface area (Å²) in [5.74, 6) is 0. The summed E-state index contributed by atoms with van der Waals surface area (Å²) in [4.78, 5) is 0. The first-order valence-electron chi connectivity index (χ1n) is 4.78. The normalized spacial score (nSPS) is 13.0. The summed E-state index contributed by atoms with van der Waals surface area (Å²) in [5, 5.41) is 0. The van der Waals surface area contributed by atoms with Crippen LogP contribution in [-0.2, 0) is 10.2 Å². The molecule has 0 saturated heterocycles. The van der Waals surface area contributed by atoms with Gasteiger partial charge in [-0.15, -0.1) is 0 Å². The van der Waals surface area contributed by atoms with Crippen molar-refractivity contribution < 1.29 is 21.6 Å². The van der Waals surface area contributed by atoms with Crippen LogP contribution in [0.15, 0.2) is 0 Å². The van der Waals surface area contributed by atoms with Crippen LogP contribution in [0.1, 0.15) is 19.3 Å². The van der Waals surface area contributed by atoms with Gasteiger partial charge in [-0.2, -0.15) is 26.3 Å². The Hall–Kier alpha value is -0.380. The summed E-state index contributed by atoms with van der Waals surface area (Å²) in [6, 6.07) is 0. The van der Waals surface area contributed by atoms with Crippen molar-refractivity contribution in [2.24, 2.45) is 5.73 Å². The molecule has 0 amide bonds. The predicted molar refractivity (Wildman–Crippen MR) is 53.9 cm³/mol. The maximum absolute atomic E-state index is 11.7. The monoisotopic (exact) mass is 263 g/mol. The molecule has 0 saturated carbocycles. The van der Waals surface area contributed by atoms with Gasteiger partial charge in [0, 0.05) is 6.54 Å². The highest BCUT2D eigenvalue weighted by Crippen LogP contribution is 2.12. The zero-order valence-corrected chi connectivity index (χ0v) is 9.50. The Bertz CT molecular complexity index is 279. The highest BCUT2D eigenvalue weighted by atomic mass is 32.2. The Morgan fingerprint density at radius 1 is 1.06 bits per heavy atom. The van der Waals surface area contributed by atoms with E-state index in [9.17, 15) is 21.6 Å². The van der Waals surface area contributed by atoms with Crippen molar-refractivity contribution in [3.63, 3.8) is 0 Å². The Morgan fingerprint density at radius 2 is 1.69 bits per heavy atom. The topological polar surface area (TPSA) is 84.2 Å². The number of rotatable bonds is 8. The van der Waals surface area contributed by atoms with Crippen LogP contribution in [0.3, 0.4) is 0 Å². The molecular weight excluding hydrogens is 247 g/mol. The van der Waals surface area contributed by atoms with Gasteiger partial charge in [0.1, 0.15) is 6.54 Å². The molecule has 0 unspecified atom stereocenters. The minimum Gasteiger partial charge on any atom is -0.330 e. The van der Waals surface area contributed by atoms with Crippen LogP contribution < -0.4 is 15.2 Å². The van der Waals surface area contributed by atoms with Crippen molar-refractivity contribution in [1.29, 1.82) is 0 Å². The molecule has 16 heavy (non-hydrogen) atoms. The van der Waals surface area contributed by atoms with Gasteiger partial charge in [0.25, 0.3) is 10.2 Å². The van der Waals surface area contributed by atoms with Crippen LogP contribution in [0.2, 0.25) is 0 Å². The third-order valence-corrected chi connectivity index (χ3v) is 2.74. The number of hydrogen-bond acceptors (Lipinski definition) is 3. The molecule has 0 aromatic rings.